The molecule has 1 atom stereocenters. The molecule has 0 heterocycles. The third-order valence-corrected chi connectivity index (χ3v) is 5.91. The lowest BCUT2D eigenvalue weighted by Crippen LogP contribution is -2.37. The molecule has 0 aromatic carbocycles. The Morgan fingerprint density at radius 2 is 2.00 bits per heavy atom. The molecule has 1 aliphatic rings. The van der Waals surface area contributed by atoms with Gasteiger partial charge in [-0.1, -0.05) is 49.0 Å². The highest BCUT2D eigenvalue weighted by molar-refractivity contribution is 9.09. The smallest absolute Gasteiger partial charge is 0.0493 e. The Morgan fingerprint density at radius 1 is 1.35 bits per heavy atom. The van der Waals surface area contributed by atoms with Crippen LogP contribution >= 0.6 is 15.9 Å². The summed E-state index contributed by atoms with van der Waals surface area (Å²) in [6.45, 7) is 5.56. The van der Waals surface area contributed by atoms with E-state index in [1.54, 1.807) is 0 Å². The van der Waals surface area contributed by atoms with E-state index in [-0.39, 0.29) is 0 Å². The van der Waals surface area contributed by atoms with E-state index in [1.807, 2.05) is 7.11 Å². The molecule has 0 spiro atoms. The molecule has 1 rings (SSSR count). The predicted octanol–water partition coefficient (Wildman–Crippen LogP) is 5.03. The lowest BCUT2D eigenvalue weighted by Gasteiger charge is -2.43. The second-order valence-electron chi connectivity index (χ2n) is 5.94. The quantitative estimate of drug-likeness (QED) is 0.599. The molecular formula is C15H29BrO. The monoisotopic (exact) mass is 304 g/mol. The summed E-state index contributed by atoms with van der Waals surface area (Å²) in [4.78, 5) is 0. The van der Waals surface area contributed by atoms with E-state index >= 15 is 0 Å². The fourth-order valence-corrected chi connectivity index (χ4v) is 4.33. The van der Waals surface area contributed by atoms with Gasteiger partial charge in [-0.25, -0.2) is 0 Å². The van der Waals surface area contributed by atoms with Crippen LogP contribution in [0.15, 0.2) is 0 Å². The highest BCUT2D eigenvalue weighted by Gasteiger charge is 2.38. The van der Waals surface area contributed by atoms with E-state index in [2.05, 4.69) is 29.8 Å². The second kappa shape index (κ2) is 7.78. The van der Waals surface area contributed by atoms with Crippen LogP contribution in [0.25, 0.3) is 0 Å². The highest BCUT2D eigenvalue weighted by atomic mass is 79.9. The van der Waals surface area contributed by atoms with Crippen molar-refractivity contribution in [2.45, 2.75) is 58.8 Å². The molecule has 0 radical (unpaired) electrons. The van der Waals surface area contributed by atoms with Crippen LogP contribution in [0.3, 0.4) is 0 Å². The van der Waals surface area contributed by atoms with Gasteiger partial charge in [-0.2, -0.15) is 0 Å². The Morgan fingerprint density at radius 3 is 2.47 bits per heavy atom. The standard InChI is InChI=1S/C15H29BrO/c1-4-5-6-14-7-9-15(12-16,10-8-14)13(2)11-17-3/h13-14H,4-12H2,1-3H3. The molecule has 1 unspecified atom stereocenters. The van der Waals surface area contributed by atoms with Crippen molar-refractivity contribution in [2.75, 3.05) is 19.0 Å². The second-order valence-corrected chi connectivity index (χ2v) is 6.50. The number of rotatable bonds is 7. The van der Waals surface area contributed by atoms with Gasteiger partial charge in [0.2, 0.25) is 0 Å². The minimum atomic E-state index is 0.499. The average molecular weight is 305 g/mol. The maximum atomic E-state index is 5.35. The molecule has 102 valence electrons. The number of hydrogen-bond acceptors (Lipinski definition) is 1. The lowest BCUT2D eigenvalue weighted by atomic mass is 9.65. The summed E-state index contributed by atoms with van der Waals surface area (Å²) in [5.41, 5.74) is 0.499. The summed E-state index contributed by atoms with van der Waals surface area (Å²) >= 11 is 3.76. The number of unbranched alkanes of at least 4 members (excludes halogenated alkanes) is 1. The average Bonchev–Trinajstić information content (AvgIpc) is 2.37. The van der Waals surface area contributed by atoms with Crippen LogP contribution in [-0.2, 0) is 4.74 Å². The summed E-state index contributed by atoms with van der Waals surface area (Å²) in [5, 5.41) is 1.14. The van der Waals surface area contributed by atoms with Gasteiger partial charge in [-0.3, -0.25) is 0 Å². The van der Waals surface area contributed by atoms with Crippen molar-refractivity contribution in [1.82, 2.24) is 0 Å². The van der Waals surface area contributed by atoms with E-state index < -0.39 is 0 Å². The molecule has 0 amide bonds. The Balaban J connectivity index is 2.45. The van der Waals surface area contributed by atoms with Gasteiger partial charge < -0.3 is 4.74 Å². The predicted molar refractivity (Wildman–Crippen MR) is 78.8 cm³/mol. The van der Waals surface area contributed by atoms with Gasteiger partial charge in [0.05, 0.1) is 0 Å². The van der Waals surface area contributed by atoms with Gasteiger partial charge in [0.1, 0.15) is 0 Å². The topological polar surface area (TPSA) is 9.23 Å². The molecule has 1 nitrogen and oxygen atoms in total. The zero-order valence-corrected chi connectivity index (χ0v) is 13.4. The fourth-order valence-electron chi connectivity index (χ4n) is 3.22. The number of methoxy groups -OCH3 is 1. The first-order valence-electron chi connectivity index (χ1n) is 7.23. The Hall–Kier alpha value is 0.440. The van der Waals surface area contributed by atoms with Crippen LogP contribution in [0.5, 0.6) is 0 Å². The molecule has 0 aliphatic heterocycles. The molecule has 0 bridgehead atoms. The van der Waals surface area contributed by atoms with Crippen LogP contribution in [0.4, 0.5) is 0 Å². The van der Waals surface area contributed by atoms with Gasteiger partial charge >= 0.3 is 0 Å². The third kappa shape index (κ3) is 4.24. The summed E-state index contributed by atoms with van der Waals surface area (Å²) in [6, 6.07) is 0. The van der Waals surface area contributed by atoms with Crippen molar-refractivity contribution in [1.29, 1.82) is 0 Å². The highest BCUT2D eigenvalue weighted by Crippen LogP contribution is 2.46. The molecule has 0 saturated heterocycles. The maximum Gasteiger partial charge on any atom is 0.0493 e. The number of halogens is 1. The van der Waals surface area contributed by atoms with Gasteiger partial charge in [0, 0.05) is 19.0 Å². The SMILES string of the molecule is CCCCC1CCC(CBr)(C(C)COC)CC1. The first-order valence-corrected chi connectivity index (χ1v) is 8.35. The fraction of sp³-hybridized carbons (Fsp3) is 1.00. The summed E-state index contributed by atoms with van der Waals surface area (Å²) in [7, 11) is 1.82. The van der Waals surface area contributed by atoms with Crippen molar-refractivity contribution in [2.24, 2.45) is 17.3 Å². The Labute approximate surface area is 116 Å². The molecule has 2 heteroatoms. The van der Waals surface area contributed by atoms with E-state index in [0.717, 1.165) is 17.9 Å². The lowest BCUT2D eigenvalue weighted by molar-refractivity contribution is 0.0443. The normalized spacial score (nSPS) is 31.4. The molecule has 0 aromatic rings. The number of hydrogen-bond donors (Lipinski definition) is 0. The van der Waals surface area contributed by atoms with Crippen molar-refractivity contribution in [3.8, 4) is 0 Å². The Bertz CT molecular complexity index is 197. The van der Waals surface area contributed by atoms with Crippen LogP contribution in [0, 0.1) is 17.3 Å². The number of alkyl halides is 1. The van der Waals surface area contributed by atoms with E-state index in [1.165, 1.54) is 44.9 Å². The molecule has 0 N–H and O–H groups in total. The van der Waals surface area contributed by atoms with Gasteiger partial charge in [0.25, 0.3) is 0 Å². The molecule has 1 fully saturated rings. The molecule has 1 saturated carbocycles. The zero-order valence-electron chi connectivity index (χ0n) is 11.8. The molecular weight excluding hydrogens is 276 g/mol. The molecule has 17 heavy (non-hydrogen) atoms. The van der Waals surface area contributed by atoms with E-state index in [4.69, 9.17) is 4.74 Å². The maximum absolute atomic E-state index is 5.35. The summed E-state index contributed by atoms with van der Waals surface area (Å²) in [6.07, 6.45) is 9.85. The zero-order chi connectivity index (χ0) is 12.7. The summed E-state index contributed by atoms with van der Waals surface area (Å²) < 4.78 is 5.35. The Kier molecular flexibility index (Phi) is 7.10. The largest absolute Gasteiger partial charge is 0.384 e. The molecule has 0 aromatic heterocycles. The van der Waals surface area contributed by atoms with Crippen molar-refractivity contribution in [3.63, 3.8) is 0 Å². The van der Waals surface area contributed by atoms with Crippen LogP contribution in [0.1, 0.15) is 58.8 Å². The first kappa shape index (κ1) is 15.5. The van der Waals surface area contributed by atoms with Crippen LogP contribution < -0.4 is 0 Å². The summed E-state index contributed by atoms with van der Waals surface area (Å²) in [5.74, 6) is 1.68. The molecule has 1 aliphatic carbocycles. The van der Waals surface area contributed by atoms with Gasteiger partial charge in [-0.05, 0) is 42.9 Å². The third-order valence-electron chi connectivity index (χ3n) is 4.80. The van der Waals surface area contributed by atoms with E-state index in [0.29, 0.717) is 11.3 Å². The van der Waals surface area contributed by atoms with Crippen LogP contribution in [0.2, 0.25) is 0 Å². The minimum Gasteiger partial charge on any atom is -0.384 e. The minimum absolute atomic E-state index is 0.499. The van der Waals surface area contributed by atoms with E-state index in [9.17, 15) is 0 Å². The number of ether oxygens (including phenoxy) is 1. The van der Waals surface area contributed by atoms with Crippen molar-refractivity contribution >= 4 is 15.9 Å². The van der Waals surface area contributed by atoms with Crippen molar-refractivity contribution < 1.29 is 4.74 Å². The van der Waals surface area contributed by atoms with Crippen LogP contribution in [-0.4, -0.2) is 19.0 Å². The van der Waals surface area contributed by atoms with Gasteiger partial charge in [0.15, 0.2) is 0 Å². The first-order chi connectivity index (χ1) is 8.18. The van der Waals surface area contributed by atoms with Gasteiger partial charge in [-0.15, -0.1) is 0 Å². The van der Waals surface area contributed by atoms with Crippen molar-refractivity contribution in [3.05, 3.63) is 0 Å².